The normalized spacial score (nSPS) is 14.0. The molecule has 0 aliphatic heterocycles. The van der Waals surface area contributed by atoms with E-state index in [9.17, 15) is 17.8 Å². The number of hydrogen-bond donors (Lipinski definition) is 1. The Bertz CT molecular complexity index is 332. The molecule has 0 unspecified atom stereocenters. The average Bonchev–Trinajstić information content (AvgIpc) is 2.54. The van der Waals surface area contributed by atoms with Crippen LogP contribution in [0.4, 0.5) is 8.78 Å². The molecule has 0 saturated heterocycles. The van der Waals surface area contributed by atoms with E-state index in [4.69, 9.17) is 5.11 Å². The van der Waals surface area contributed by atoms with E-state index in [1.807, 2.05) is 0 Å². The van der Waals surface area contributed by atoms with Crippen molar-refractivity contribution >= 4 is 16.8 Å². The Labute approximate surface area is 73.6 Å². The minimum atomic E-state index is -4.32. The van der Waals surface area contributed by atoms with Crippen LogP contribution in [0.2, 0.25) is 0 Å². The fraction of sp³-hybridized carbons (Fsp3) is 0.167. The Hall–Kier alpha value is -1.24. The fourth-order valence-electron chi connectivity index (χ4n) is 0.575. The molecule has 13 heavy (non-hydrogen) atoms. The van der Waals surface area contributed by atoms with Gasteiger partial charge in [0.05, 0.1) is 6.26 Å². The predicted octanol–water partition coefficient (Wildman–Crippen LogP) is 1.06. The first-order valence-electron chi connectivity index (χ1n) is 3.03. The van der Waals surface area contributed by atoms with Gasteiger partial charge in [-0.3, -0.25) is 0 Å². The Morgan fingerprint density at radius 3 is 2.62 bits per heavy atom. The predicted molar refractivity (Wildman–Crippen MR) is 37.7 cm³/mol. The Balaban J connectivity index is 2.98. The summed E-state index contributed by atoms with van der Waals surface area (Å²) in [5.74, 6) is -2.44. The van der Waals surface area contributed by atoms with Gasteiger partial charge in [-0.15, -0.1) is 0 Å². The van der Waals surface area contributed by atoms with Crippen LogP contribution >= 0.6 is 0 Å². The maximum atomic E-state index is 12.5. The second-order valence-corrected chi connectivity index (χ2v) is 3.48. The number of hydrogen-bond acceptors (Lipinski definition) is 3. The summed E-state index contributed by atoms with van der Waals surface area (Å²) < 4.78 is 40.3. The summed E-state index contributed by atoms with van der Waals surface area (Å²) in [6.45, 7) is 0. The lowest BCUT2D eigenvalue weighted by Crippen LogP contribution is -2.33. The lowest BCUT2D eigenvalue weighted by Gasteiger charge is -2.07. The van der Waals surface area contributed by atoms with Gasteiger partial charge in [0.25, 0.3) is 0 Å². The van der Waals surface area contributed by atoms with E-state index in [1.54, 1.807) is 0 Å². The zero-order valence-electron chi connectivity index (χ0n) is 6.07. The minimum Gasteiger partial charge on any atom is -0.476 e. The van der Waals surface area contributed by atoms with Crippen molar-refractivity contribution in [2.45, 2.75) is 10.3 Å². The van der Waals surface area contributed by atoms with Crippen LogP contribution in [0.3, 0.4) is 0 Å². The zero-order chi connectivity index (χ0) is 10.1. The standard InChI is InChI=1S/C6H4F2O4S/c7-6(8,5(9)10)13(11)4-2-1-3-12-4/h1-3H,(H,9,10)/t13-/m1/s1. The number of furan rings is 1. The number of carboxylic acids is 1. The number of alkyl halides is 2. The molecule has 72 valence electrons. The molecule has 0 fully saturated rings. The van der Waals surface area contributed by atoms with Crippen LogP contribution in [-0.4, -0.2) is 20.5 Å². The van der Waals surface area contributed by atoms with Crippen LogP contribution in [0.15, 0.2) is 27.9 Å². The first kappa shape index (κ1) is 9.85. The van der Waals surface area contributed by atoms with Gasteiger partial charge in [0, 0.05) is 0 Å². The van der Waals surface area contributed by atoms with E-state index < -0.39 is 27.1 Å². The average molecular weight is 210 g/mol. The minimum absolute atomic E-state index is 0.563. The van der Waals surface area contributed by atoms with E-state index in [1.165, 1.54) is 6.07 Å². The van der Waals surface area contributed by atoms with Gasteiger partial charge in [-0.25, -0.2) is 9.00 Å². The third-order valence-corrected chi connectivity index (χ3v) is 2.40. The highest BCUT2D eigenvalue weighted by molar-refractivity contribution is 7.86. The SMILES string of the molecule is O=C(O)C(F)(F)[S@](=O)c1ccco1. The molecule has 0 spiro atoms. The lowest BCUT2D eigenvalue weighted by atomic mass is 10.7. The molecule has 0 amide bonds. The molecule has 0 aliphatic rings. The van der Waals surface area contributed by atoms with Gasteiger partial charge in [0.1, 0.15) is 0 Å². The summed E-state index contributed by atoms with van der Waals surface area (Å²) in [5.41, 5.74) is 0. The number of carboxylic acid groups (broad SMARTS) is 1. The molecule has 1 N–H and O–H groups in total. The van der Waals surface area contributed by atoms with Gasteiger partial charge in [0.15, 0.2) is 15.9 Å². The van der Waals surface area contributed by atoms with E-state index in [0.29, 0.717) is 0 Å². The van der Waals surface area contributed by atoms with Gasteiger partial charge in [-0.2, -0.15) is 8.78 Å². The van der Waals surface area contributed by atoms with Crippen LogP contribution in [0.5, 0.6) is 0 Å². The molecule has 0 aromatic carbocycles. The van der Waals surface area contributed by atoms with Crippen molar-refractivity contribution in [1.82, 2.24) is 0 Å². The smallest absolute Gasteiger partial charge is 0.422 e. The Morgan fingerprint density at radius 2 is 2.23 bits per heavy atom. The van der Waals surface area contributed by atoms with Crippen molar-refractivity contribution in [3.05, 3.63) is 18.4 Å². The summed E-state index contributed by atoms with van der Waals surface area (Å²) in [6, 6.07) is 2.26. The Morgan fingerprint density at radius 1 is 1.62 bits per heavy atom. The van der Waals surface area contributed by atoms with Gasteiger partial charge in [0.2, 0.25) is 0 Å². The van der Waals surface area contributed by atoms with Gasteiger partial charge < -0.3 is 9.52 Å². The van der Waals surface area contributed by atoms with Crippen molar-refractivity contribution in [1.29, 1.82) is 0 Å². The van der Waals surface area contributed by atoms with E-state index >= 15 is 0 Å². The summed E-state index contributed by atoms with van der Waals surface area (Å²) in [7, 11) is -2.99. The quantitative estimate of drug-likeness (QED) is 0.810. The molecular weight excluding hydrogens is 206 g/mol. The summed E-state index contributed by atoms with van der Waals surface area (Å²) >= 11 is 0. The molecule has 1 aromatic rings. The highest BCUT2D eigenvalue weighted by Crippen LogP contribution is 2.25. The highest BCUT2D eigenvalue weighted by Gasteiger charge is 2.48. The number of halogens is 2. The maximum Gasteiger partial charge on any atom is 0.422 e. The monoisotopic (exact) mass is 210 g/mol. The second-order valence-electron chi connectivity index (χ2n) is 2.02. The van der Waals surface area contributed by atoms with Crippen molar-refractivity contribution < 1.29 is 27.3 Å². The molecule has 1 aromatic heterocycles. The summed E-state index contributed by atoms with van der Waals surface area (Å²) in [6.07, 6.45) is 1.03. The van der Waals surface area contributed by atoms with Gasteiger partial charge in [-0.05, 0) is 12.1 Å². The third kappa shape index (κ3) is 1.74. The first-order chi connectivity index (χ1) is 5.96. The number of carbonyl (C=O) groups is 1. The van der Waals surface area contributed by atoms with E-state index in [-0.39, 0.29) is 0 Å². The van der Waals surface area contributed by atoms with Crippen molar-refractivity contribution in [2.24, 2.45) is 0 Å². The molecular formula is C6H4F2O4S. The molecule has 0 aliphatic carbocycles. The van der Waals surface area contributed by atoms with Crippen molar-refractivity contribution in [2.75, 3.05) is 0 Å². The number of rotatable bonds is 3. The van der Waals surface area contributed by atoms with Gasteiger partial charge in [-0.1, -0.05) is 0 Å². The molecule has 0 bridgehead atoms. The zero-order valence-corrected chi connectivity index (χ0v) is 6.88. The molecule has 1 heterocycles. The molecule has 0 radical (unpaired) electrons. The van der Waals surface area contributed by atoms with Crippen molar-refractivity contribution in [3.8, 4) is 0 Å². The van der Waals surface area contributed by atoms with E-state index in [0.717, 1.165) is 12.3 Å². The first-order valence-corrected chi connectivity index (χ1v) is 4.18. The van der Waals surface area contributed by atoms with Crippen LogP contribution in [0.1, 0.15) is 0 Å². The molecule has 1 atom stereocenters. The van der Waals surface area contributed by atoms with Gasteiger partial charge >= 0.3 is 11.2 Å². The topological polar surface area (TPSA) is 67.5 Å². The van der Waals surface area contributed by atoms with Crippen LogP contribution in [0, 0.1) is 0 Å². The molecule has 1 rings (SSSR count). The lowest BCUT2D eigenvalue weighted by molar-refractivity contribution is -0.153. The third-order valence-electron chi connectivity index (χ3n) is 1.16. The summed E-state index contributed by atoms with van der Waals surface area (Å²) in [5, 5.41) is 3.14. The fourth-order valence-corrected chi connectivity index (χ4v) is 1.33. The molecule has 4 nitrogen and oxygen atoms in total. The maximum absolute atomic E-state index is 12.5. The second kappa shape index (κ2) is 3.25. The van der Waals surface area contributed by atoms with E-state index in [2.05, 4.69) is 4.42 Å². The van der Waals surface area contributed by atoms with Crippen LogP contribution in [-0.2, 0) is 15.6 Å². The van der Waals surface area contributed by atoms with Crippen LogP contribution < -0.4 is 0 Å². The molecule has 7 heteroatoms. The largest absolute Gasteiger partial charge is 0.476 e. The van der Waals surface area contributed by atoms with Crippen molar-refractivity contribution in [3.63, 3.8) is 0 Å². The number of aliphatic carboxylic acids is 1. The Kier molecular flexibility index (Phi) is 2.46. The molecule has 0 saturated carbocycles. The summed E-state index contributed by atoms with van der Waals surface area (Å²) in [4.78, 5) is 9.97. The van der Waals surface area contributed by atoms with Crippen LogP contribution in [0.25, 0.3) is 0 Å². The highest BCUT2D eigenvalue weighted by atomic mass is 32.2.